The van der Waals surface area contributed by atoms with Gasteiger partial charge in [-0.05, 0) is 49.5 Å². The summed E-state index contributed by atoms with van der Waals surface area (Å²) >= 11 is 0. The van der Waals surface area contributed by atoms with Gasteiger partial charge in [-0.25, -0.2) is 0 Å². The summed E-state index contributed by atoms with van der Waals surface area (Å²) in [4.78, 5) is 11.8. The number of hydrogen-bond donors (Lipinski definition) is 2. The fourth-order valence-electron chi connectivity index (χ4n) is 4.00. The summed E-state index contributed by atoms with van der Waals surface area (Å²) in [5, 5.41) is 18.8. The van der Waals surface area contributed by atoms with E-state index in [9.17, 15) is 9.90 Å². The minimum Gasteiger partial charge on any atom is -0.481 e. The van der Waals surface area contributed by atoms with Crippen LogP contribution in [0.25, 0.3) is 22.2 Å². The number of rotatable bonds is 5. The molecular weight excluding hydrogens is 362 g/mol. The fourth-order valence-corrected chi connectivity index (χ4v) is 4.00. The first kappa shape index (κ1) is 19.4. The highest BCUT2D eigenvalue weighted by Gasteiger charge is 2.30. The number of benzene rings is 2. The van der Waals surface area contributed by atoms with Gasteiger partial charge in [-0.1, -0.05) is 36.4 Å². The van der Waals surface area contributed by atoms with Crippen LogP contribution >= 0.6 is 12.4 Å². The van der Waals surface area contributed by atoms with Crippen molar-refractivity contribution in [3.8, 4) is 11.3 Å². The van der Waals surface area contributed by atoms with Crippen LogP contribution < -0.4 is 5.32 Å². The van der Waals surface area contributed by atoms with Crippen LogP contribution in [0.1, 0.15) is 12.0 Å². The molecule has 0 aliphatic carbocycles. The van der Waals surface area contributed by atoms with E-state index < -0.39 is 5.97 Å². The van der Waals surface area contributed by atoms with Crippen molar-refractivity contribution < 1.29 is 9.90 Å². The van der Waals surface area contributed by atoms with Crippen LogP contribution in [0.3, 0.4) is 0 Å². The molecule has 1 saturated heterocycles. The number of halogens is 1. The maximum Gasteiger partial charge on any atom is 0.307 e. The van der Waals surface area contributed by atoms with Gasteiger partial charge < -0.3 is 10.4 Å². The summed E-state index contributed by atoms with van der Waals surface area (Å²) in [7, 11) is 1.95. The maximum absolute atomic E-state index is 11.8. The quantitative estimate of drug-likeness (QED) is 0.705. The van der Waals surface area contributed by atoms with Crippen molar-refractivity contribution in [1.82, 2.24) is 15.1 Å². The Bertz CT molecular complexity index is 948. The highest BCUT2D eigenvalue weighted by Crippen LogP contribution is 2.30. The molecule has 0 amide bonds. The Morgan fingerprint density at radius 1 is 1.30 bits per heavy atom. The minimum atomic E-state index is -0.701. The van der Waals surface area contributed by atoms with Gasteiger partial charge in [-0.2, -0.15) is 5.10 Å². The molecule has 1 aliphatic heterocycles. The Labute approximate surface area is 164 Å². The van der Waals surface area contributed by atoms with Crippen molar-refractivity contribution in [3.05, 3.63) is 54.1 Å². The summed E-state index contributed by atoms with van der Waals surface area (Å²) < 4.78 is 1.89. The summed E-state index contributed by atoms with van der Waals surface area (Å²) in [5.74, 6) is -0.847. The van der Waals surface area contributed by atoms with Crippen molar-refractivity contribution >= 4 is 29.3 Å². The number of para-hydroxylation sites is 1. The minimum absolute atomic E-state index is 0. The lowest BCUT2D eigenvalue weighted by Crippen LogP contribution is -2.27. The van der Waals surface area contributed by atoms with E-state index in [-0.39, 0.29) is 24.2 Å². The third kappa shape index (κ3) is 3.84. The molecule has 2 atom stereocenters. The molecule has 2 heterocycles. The lowest BCUT2D eigenvalue weighted by Gasteiger charge is -2.19. The third-order valence-corrected chi connectivity index (χ3v) is 5.40. The second-order valence-electron chi connectivity index (χ2n) is 7.09. The summed E-state index contributed by atoms with van der Waals surface area (Å²) in [5.41, 5.74) is 4.12. The van der Waals surface area contributed by atoms with Crippen LogP contribution in [0.5, 0.6) is 0 Å². The number of carboxylic acids is 1. The van der Waals surface area contributed by atoms with Gasteiger partial charge >= 0.3 is 5.97 Å². The molecule has 2 N–H and O–H groups in total. The Hall–Kier alpha value is -2.37. The SMILES string of the molecule is Cl.Cn1nc(-c2cccc(C[C@H](C(=O)O)[C@H]3CCNC3)c2)c2ccccc21. The Balaban J connectivity index is 0.00000210. The molecule has 0 radical (unpaired) electrons. The van der Waals surface area contributed by atoms with Crippen molar-refractivity contribution in [2.45, 2.75) is 12.8 Å². The van der Waals surface area contributed by atoms with Crippen molar-refractivity contribution in [1.29, 1.82) is 0 Å². The second kappa shape index (κ2) is 8.11. The lowest BCUT2D eigenvalue weighted by molar-refractivity contribution is -0.143. The molecule has 0 unspecified atom stereocenters. The van der Waals surface area contributed by atoms with Crippen LogP contribution in [-0.2, 0) is 18.3 Å². The molecular formula is C21H24ClN3O2. The van der Waals surface area contributed by atoms with E-state index >= 15 is 0 Å². The van der Waals surface area contributed by atoms with Gasteiger partial charge in [0.1, 0.15) is 5.69 Å². The predicted molar refractivity (Wildman–Crippen MR) is 109 cm³/mol. The van der Waals surface area contributed by atoms with E-state index in [0.29, 0.717) is 6.42 Å². The number of hydrogen-bond acceptors (Lipinski definition) is 3. The summed E-state index contributed by atoms with van der Waals surface area (Å²) in [6.07, 6.45) is 1.49. The van der Waals surface area contributed by atoms with Gasteiger partial charge in [0.2, 0.25) is 0 Å². The first-order chi connectivity index (χ1) is 12.6. The van der Waals surface area contributed by atoms with Crippen molar-refractivity contribution in [2.75, 3.05) is 13.1 Å². The molecule has 142 valence electrons. The van der Waals surface area contributed by atoms with Gasteiger partial charge in [0.05, 0.1) is 11.4 Å². The number of aryl methyl sites for hydroxylation is 1. The summed E-state index contributed by atoms with van der Waals surface area (Å²) in [6, 6.07) is 16.3. The Morgan fingerprint density at radius 2 is 2.11 bits per heavy atom. The molecule has 6 heteroatoms. The fraction of sp³-hybridized carbons (Fsp3) is 0.333. The number of nitrogens with one attached hydrogen (secondary N) is 1. The molecule has 1 fully saturated rings. The van der Waals surface area contributed by atoms with E-state index in [1.54, 1.807) is 0 Å². The predicted octanol–water partition coefficient (Wildman–Crippen LogP) is 3.51. The molecule has 0 spiro atoms. The van der Waals surface area contributed by atoms with Crippen LogP contribution in [0.4, 0.5) is 0 Å². The standard InChI is InChI=1S/C21H23N3O2.ClH/c1-24-19-8-3-2-7-17(19)20(23-24)15-6-4-5-14(11-15)12-18(21(25)26)16-9-10-22-13-16;/h2-8,11,16,18,22H,9-10,12-13H2,1H3,(H,25,26);1H/t16-,18-;/m0./s1. The molecule has 1 aliphatic rings. The molecule has 27 heavy (non-hydrogen) atoms. The number of fused-ring (bicyclic) bond motifs is 1. The zero-order valence-electron chi connectivity index (χ0n) is 15.3. The highest BCUT2D eigenvalue weighted by atomic mass is 35.5. The normalized spacial score (nSPS) is 17.6. The van der Waals surface area contributed by atoms with Gasteiger partial charge in [0, 0.05) is 18.0 Å². The lowest BCUT2D eigenvalue weighted by atomic mass is 9.86. The largest absolute Gasteiger partial charge is 0.481 e. The highest BCUT2D eigenvalue weighted by molar-refractivity contribution is 5.93. The van der Waals surface area contributed by atoms with Crippen LogP contribution in [-0.4, -0.2) is 33.9 Å². The monoisotopic (exact) mass is 385 g/mol. The zero-order valence-corrected chi connectivity index (χ0v) is 16.1. The van der Waals surface area contributed by atoms with Gasteiger partial charge in [-0.3, -0.25) is 9.48 Å². The van der Waals surface area contributed by atoms with E-state index in [0.717, 1.165) is 47.2 Å². The number of nitrogens with zero attached hydrogens (tertiary/aromatic N) is 2. The molecule has 2 aromatic carbocycles. The number of aromatic nitrogens is 2. The van der Waals surface area contributed by atoms with Crippen LogP contribution in [0.2, 0.25) is 0 Å². The van der Waals surface area contributed by atoms with E-state index in [1.807, 2.05) is 42.1 Å². The molecule has 5 nitrogen and oxygen atoms in total. The average molecular weight is 386 g/mol. The van der Waals surface area contributed by atoms with Crippen molar-refractivity contribution in [2.24, 2.45) is 18.9 Å². The molecule has 1 aromatic heterocycles. The van der Waals surface area contributed by atoms with Gasteiger partial charge in [-0.15, -0.1) is 12.4 Å². The Morgan fingerprint density at radius 3 is 2.85 bits per heavy atom. The number of aliphatic carboxylic acids is 1. The van der Waals surface area contributed by atoms with E-state index in [2.05, 4.69) is 28.6 Å². The van der Waals surface area contributed by atoms with Crippen LogP contribution in [0, 0.1) is 11.8 Å². The zero-order chi connectivity index (χ0) is 18.1. The second-order valence-corrected chi connectivity index (χ2v) is 7.09. The van der Waals surface area contributed by atoms with E-state index in [4.69, 9.17) is 0 Å². The third-order valence-electron chi connectivity index (χ3n) is 5.40. The van der Waals surface area contributed by atoms with Crippen molar-refractivity contribution in [3.63, 3.8) is 0 Å². The smallest absolute Gasteiger partial charge is 0.307 e. The maximum atomic E-state index is 11.8. The molecule has 0 bridgehead atoms. The van der Waals surface area contributed by atoms with Crippen LogP contribution in [0.15, 0.2) is 48.5 Å². The average Bonchev–Trinajstić information content (AvgIpc) is 3.29. The molecule has 4 rings (SSSR count). The van der Waals surface area contributed by atoms with Gasteiger partial charge in [0.25, 0.3) is 0 Å². The number of carboxylic acid groups (broad SMARTS) is 1. The Kier molecular flexibility index (Phi) is 5.82. The topological polar surface area (TPSA) is 67.2 Å². The first-order valence-corrected chi connectivity index (χ1v) is 9.08. The summed E-state index contributed by atoms with van der Waals surface area (Å²) in [6.45, 7) is 1.70. The number of carbonyl (C=O) groups is 1. The molecule has 3 aromatic rings. The molecule has 0 saturated carbocycles. The van der Waals surface area contributed by atoms with Gasteiger partial charge in [0.15, 0.2) is 0 Å². The first-order valence-electron chi connectivity index (χ1n) is 9.08. The van der Waals surface area contributed by atoms with E-state index in [1.165, 1.54) is 0 Å².